The van der Waals surface area contributed by atoms with Crippen LogP contribution in [0.25, 0.3) is 16.9 Å². The van der Waals surface area contributed by atoms with Gasteiger partial charge in [0.1, 0.15) is 5.82 Å². The van der Waals surface area contributed by atoms with Gasteiger partial charge in [0.25, 0.3) is 0 Å². The number of rotatable bonds is 3. The van der Waals surface area contributed by atoms with Gasteiger partial charge in [-0.15, -0.1) is 0 Å². The van der Waals surface area contributed by atoms with Gasteiger partial charge < -0.3 is 5.32 Å². The lowest BCUT2D eigenvalue weighted by atomic mass is 9.92. The number of nitrogens with one attached hydrogen (secondary N) is 1. The second kappa shape index (κ2) is 6.02. The van der Waals surface area contributed by atoms with E-state index < -0.39 is 5.92 Å². The molecule has 1 fully saturated rings. The van der Waals surface area contributed by atoms with Gasteiger partial charge in [0, 0.05) is 43.0 Å². The van der Waals surface area contributed by atoms with Crippen molar-refractivity contribution in [3.8, 4) is 11.4 Å². The fourth-order valence-electron chi connectivity index (χ4n) is 3.10. The van der Waals surface area contributed by atoms with Gasteiger partial charge >= 0.3 is 0 Å². The highest BCUT2D eigenvalue weighted by Gasteiger charge is 2.35. The summed E-state index contributed by atoms with van der Waals surface area (Å²) in [6.07, 6.45) is 9.28. The highest BCUT2D eigenvalue weighted by Crippen LogP contribution is 2.34. The average Bonchev–Trinajstić information content (AvgIpc) is 3.03. The predicted octanol–water partition coefficient (Wildman–Crippen LogP) is 3.48. The number of aromatic nitrogens is 5. The predicted molar refractivity (Wildman–Crippen MR) is 89.6 cm³/mol. The summed E-state index contributed by atoms with van der Waals surface area (Å²) in [6, 6.07) is 0.00616. The minimum absolute atomic E-state index is 0.00616. The van der Waals surface area contributed by atoms with Crippen molar-refractivity contribution in [2.45, 2.75) is 44.6 Å². The van der Waals surface area contributed by atoms with Gasteiger partial charge in [0.15, 0.2) is 5.82 Å². The molecule has 0 amide bonds. The third kappa shape index (κ3) is 3.16. The van der Waals surface area contributed by atoms with Crippen molar-refractivity contribution in [1.82, 2.24) is 24.6 Å². The molecule has 1 aliphatic carbocycles. The van der Waals surface area contributed by atoms with E-state index in [0.717, 1.165) is 16.6 Å². The molecule has 1 aliphatic rings. The number of anilines is 1. The number of aryl methyl sites for hydroxylation is 1. The topological polar surface area (TPSA) is 68.0 Å². The summed E-state index contributed by atoms with van der Waals surface area (Å²) in [5.41, 5.74) is 2.48. The number of hydrogen-bond donors (Lipinski definition) is 1. The molecule has 1 N–H and O–H groups in total. The lowest BCUT2D eigenvalue weighted by Gasteiger charge is -2.29. The normalized spacial score (nSPS) is 17.7. The molecule has 8 heteroatoms. The highest BCUT2D eigenvalue weighted by molar-refractivity contribution is 5.75. The van der Waals surface area contributed by atoms with Crippen molar-refractivity contribution in [2.75, 3.05) is 5.32 Å². The van der Waals surface area contributed by atoms with Crippen LogP contribution in [0.1, 0.15) is 31.2 Å². The van der Waals surface area contributed by atoms with Crippen molar-refractivity contribution in [1.29, 1.82) is 0 Å². The Balaban J connectivity index is 1.61. The number of halogens is 2. The molecule has 3 aromatic rings. The van der Waals surface area contributed by atoms with Crippen molar-refractivity contribution in [3.05, 3.63) is 36.5 Å². The van der Waals surface area contributed by atoms with Gasteiger partial charge in [-0.1, -0.05) is 0 Å². The minimum Gasteiger partial charge on any atom is -0.367 e. The van der Waals surface area contributed by atoms with E-state index in [1.165, 1.54) is 0 Å². The molecule has 130 valence electrons. The third-order valence-electron chi connectivity index (χ3n) is 4.60. The summed E-state index contributed by atoms with van der Waals surface area (Å²) >= 11 is 0. The number of alkyl halides is 2. The van der Waals surface area contributed by atoms with Crippen LogP contribution in [-0.2, 0) is 0 Å². The lowest BCUT2D eigenvalue weighted by Crippen LogP contribution is -2.32. The maximum atomic E-state index is 13.3. The molecule has 4 rings (SSSR count). The van der Waals surface area contributed by atoms with Crippen LogP contribution in [0.5, 0.6) is 0 Å². The summed E-state index contributed by atoms with van der Waals surface area (Å²) in [7, 11) is 0. The Morgan fingerprint density at radius 2 is 2.00 bits per heavy atom. The largest absolute Gasteiger partial charge is 0.367 e. The second-order valence-corrected chi connectivity index (χ2v) is 6.46. The Morgan fingerprint density at radius 1 is 1.20 bits per heavy atom. The first-order valence-electron chi connectivity index (χ1n) is 8.28. The Morgan fingerprint density at radius 3 is 2.80 bits per heavy atom. The fraction of sp³-hybridized carbons (Fsp3) is 0.412. The zero-order valence-electron chi connectivity index (χ0n) is 13.8. The monoisotopic (exact) mass is 344 g/mol. The molecule has 25 heavy (non-hydrogen) atoms. The minimum atomic E-state index is -2.53. The molecule has 0 spiro atoms. The zero-order chi connectivity index (χ0) is 17.4. The van der Waals surface area contributed by atoms with E-state index in [-0.39, 0.29) is 18.9 Å². The van der Waals surface area contributed by atoms with E-state index in [1.54, 1.807) is 35.5 Å². The molecule has 0 unspecified atom stereocenters. The van der Waals surface area contributed by atoms with Crippen molar-refractivity contribution in [2.24, 2.45) is 0 Å². The molecule has 0 aliphatic heterocycles. The summed E-state index contributed by atoms with van der Waals surface area (Å²) in [5.74, 6) is -1.31. The Hall–Kier alpha value is -2.64. The molecule has 6 nitrogen and oxygen atoms in total. The first-order valence-corrected chi connectivity index (χ1v) is 8.28. The summed E-state index contributed by atoms with van der Waals surface area (Å²) in [5, 5.41) is 7.58. The molecule has 0 bridgehead atoms. The molecule has 3 heterocycles. The summed E-state index contributed by atoms with van der Waals surface area (Å²) < 4.78 is 28.4. The van der Waals surface area contributed by atoms with Gasteiger partial charge in [0.2, 0.25) is 5.92 Å². The average molecular weight is 344 g/mol. The first kappa shape index (κ1) is 15.9. The van der Waals surface area contributed by atoms with E-state index >= 15 is 0 Å². The molecular weight excluding hydrogens is 326 g/mol. The fourth-order valence-corrected chi connectivity index (χ4v) is 3.10. The van der Waals surface area contributed by atoms with Gasteiger partial charge in [-0.2, -0.15) is 5.10 Å². The molecule has 0 radical (unpaired) electrons. The van der Waals surface area contributed by atoms with Crippen LogP contribution >= 0.6 is 0 Å². The van der Waals surface area contributed by atoms with E-state index in [4.69, 9.17) is 0 Å². The van der Waals surface area contributed by atoms with Crippen LogP contribution in [0.4, 0.5) is 14.6 Å². The van der Waals surface area contributed by atoms with Crippen molar-refractivity contribution < 1.29 is 8.78 Å². The molecule has 0 atom stereocenters. The maximum Gasteiger partial charge on any atom is 0.248 e. The van der Waals surface area contributed by atoms with Crippen molar-refractivity contribution in [3.63, 3.8) is 0 Å². The number of fused-ring (bicyclic) bond motifs is 1. The van der Waals surface area contributed by atoms with E-state index in [0.29, 0.717) is 24.5 Å². The van der Waals surface area contributed by atoms with Crippen LogP contribution in [0.3, 0.4) is 0 Å². The summed E-state index contributed by atoms with van der Waals surface area (Å²) in [4.78, 5) is 13.1. The highest BCUT2D eigenvalue weighted by atomic mass is 19.3. The van der Waals surface area contributed by atoms with Crippen LogP contribution < -0.4 is 5.32 Å². The van der Waals surface area contributed by atoms with Crippen LogP contribution in [0, 0.1) is 6.92 Å². The van der Waals surface area contributed by atoms with Gasteiger partial charge in [0.05, 0.1) is 23.5 Å². The molecule has 3 aromatic heterocycles. The van der Waals surface area contributed by atoms with E-state index in [2.05, 4.69) is 25.4 Å². The van der Waals surface area contributed by atoms with Crippen LogP contribution in [-0.4, -0.2) is 36.5 Å². The van der Waals surface area contributed by atoms with Crippen molar-refractivity contribution >= 4 is 11.3 Å². The smallest absolute Gasteiger partial charge is 0.248 e. The van der Waals surface area contributed by atoms with E-state index in [9.17, 15) is 8.78 Å². The Bertz CT molecular complexity index is 897. The zero-order valence-corrected chi connectivity index (χ0v) is 13.8. The summed E-state index contributed by atoms with van der Waals surface area (Å²) in [6.45, 7) is 1.90. The molecule has 0 saturated heterocycles. The van der Waals surface area contributed by atoms with Crippen LogP contribution in [0.15, 0.2) is 31.0 Å². The molecule has 1 saturated carbocycles. The van der Waals surface area contributed by atoms with Gasteiger partial charge in [-0.25, -0.2) is 23.3 Å². The maximum absolute atomic E-state index is 13.3. The third-order valence-corrected chi connectivity index (χ3v) is 4.60. The second-order valence-electron chi connectivity index (χ2n) is 6.46. The number of nitrogens with zero attached hydrogens (tertiary/aromatic N) is 5. The van der Waals surface area contributed by atoms with Gasteiger partial charge in [-0.3, -0.25) is 4.98 Å². The van der Waals surface area contributed by atoms with E-state index in [1.807, 2.05) is 6.92 Å². The molecular formula is C17H18F2N6. The Labute approximate surface area is 143 Å². The lowest BCUT2D eigenvalue weighted by molar-refractivity contribution is -0.0361. The van der Waals surface area contributed by atoms with Crippen LogP contribution in [0.2, 0.25) is 0 Å². The Kier molecular flexibility index (Phi) is 3.82. The molecule has 0 aromatic carbocycles. The number of hydrogen-bond acceptors (Lipinski definition) is 5. The quantitative estimate of drug-likeness (QED) is 0.788. The van der Waals surface area contributed by atoms with Gasteiger partial charge in [-0.05, 0) is 19.8 Å². The first-order chi connectivity index (χ1) is 12.0. The SMILES string of the molecule is Cc1cnc(-c2cnn3ccncc23)nc1NC1CCC(F)(F)CC1. The standard InChI is InChI=1S/C17H18F2N6/c1-11-8-21-16(13-9-22-25-7-6-20-10-14(13)25)24-15(11)23-12-2-4-17(18,19)5-3-12/h6-10,12H,2-5H2,1H3,(H,21,23,24).